The first-order valence-corrected chi connectivity index (χ1v) is 6.96. The van der Waals surface area contributed by atoms with Crippen molar-refractivity contribution in [3.05, 3.63) is 63.9 Å². The van der Waals surface area contributed by atoms with Crippen molar-refractivity contribution in [1.29, 1.82) is 0 Å². The molecular formula is C17H16ClFO2. The summed E-state index contributed by atoms with van der Waals surface area (Å²) in [6.07, 6.45) is 0.439. The Morgan fingerprint density at radius 3 is 2.52 bits per heavy atom. The number of ketones is 1. The second-order valence-corrected chi connectivity index (χ2v) is 5.35. The second-order valence-electron chi connectivity index (χ2n) is 4.94. The van der Waals surface area contributed by atoms with E-state index in [1.165, 1.54) is 12.1 Å². The van der Waals surface area contributed by atoms with Crippen molar-refractivity contribution in [3.63, 3.8) is 0 Å². The largest absolute Gasteiger partial charge is 0.496 e. The van der Waals surface area contributed by atoms with E-state index in [1.54, 1.807) is 13.2 Å². The van der Waals surface area contributed by atoms with Crippen LogP contribution in [-0.4, -0.2) is 12.9 Å². The van der Waals surface area contributed by atoms with Gasteiger partial charge in [-0.15, -0.1) is 0 Å². The highest BCUT2D eigenvalue weighted by atomic mass is 35.5. The Balaban J connectivity index is 2.13. The fourth-order valence-corrected chi connectivity index (χ4v) is 2.43. The summed E-state index contributed by atoms with van der Waals surface area (Å²) in [5, 5.41) is 0.277. The molecule has 0 bridgehead atoms. The number of Topliss-reactive ketones (excluding diaryl/α,β-unsaturated/α-hetero) is 1. The Bertz CT molecular complexity index is 668. The average Bonchev–Trinajstić information content (AvgIpc) is 2.42. The van der Waals surface area contributed by atoms with Crippen molar-refractivity contribution < 1.29 is 13.9 Å². The molecule has 21 heavy (non-hydrogen) atoms. The minimum atomic E-state index is -0.406. The van der Waals surface area contributed by atoms with Gasteiger partial charge in [-0.3, -0.25) is 4.79 Å². The van der Waals surface area contributed by atoms with Crippen molar-refractivity contribution in [3.8, 4) is 5.75 Å². The first-order chi connectivity index (χ1) is 9.99. The van der Waals surface area contributed by atoms with E-state index in [0.717, 1.165) is 11.1 Å². The molecule has 0 fully saturated rings. The van der Waals surface area contributed by atoms with Crippen LogP contribution < -0.4 is 4.74 Å². The van der Waals surface area contributed by atoms with Crippen LogP contribution in [0.4, 0.5) is 4.39 Å². The summed E-state index contributed by atoms with van der Waals surface area (Å²) in [4.78, 5) is 12.2. The molecule has 2 rings (SSSR count). The molecule has 110 valence electrons. The Kier molecular flexibility index (Phi) is 4.97. The predicted octanol–water partition coefficient (Wildman–Crippen LogP) is 4.15. The SMILES string of the molecule is COc1ccc(C)cc1CC(=O)Cc1ccc(F)cc1Cl. The maximum Gasteiger partial charge on any atom is 0.141 e. The number of aryl methyl sites for hydroxylation is 1. The number of hydrogen-bond acceptors (Lipinski definition) is 2. The molecule has 0 aromatic heterocycles. The van der Waals surface area contributed by atoms with Crippen LogP contribution in [0.15, 0.2) is 36.4 Å². The zero-order valence-electron chi connectivity index (χ0n) is 12.0. The quantitative estimate of drug-likeness (QED) is 0.829. The van der Waals surface area contributed by atoms with Gasteiger partial charge >= 0.3 is 0 Å². The summed E-state index contributed by atoms with van der Waals surface area (Å²) in [6, 6.07) is 9.79. The summed E-state index contributed by atoms with van der Waals surface area (Å²) in [5.74, 6) is 0.295. The lowest BCUT2D eigenvalue weighted by molar-refractivity contribution is -0.117. The van der Waals surface area contributed by atoms with E-state index in [9.17, 15) is 9.18 Å². The predicted molar refractivity (Wildman–Crippen MR) is 81.6 cm³/mol. The van der Waals surface area contributed by atoms with Gasteiger partial charge in [-0.2, -0.15) is 0 Å². The van der Waals surface area contributed by atoms with E-state index >= 15 is 0 Å². The standard InChI is InChI=1S/C17H16ClFO2/c1-11-3-6-17(21-2)13(7-11)9-15(20)8-12-4-5-14(19)10-16(12)18/h3-7,10H,8-9H2,1-2H3. The van der Waals surface area contributed by atoms with Crippen molar-refractivity contribution in [1.82, 2.24) is 0 Å². The van der Waals surface area contributed by atoms with Crippen LogP contribution in [0.3, 0.4) is 0 Å². The smallest absolute Gasteiger partial charge is 0.141 e. The van der Waals surface area contributed by atoms with Crippen LogP contribution in [0.5, 0.6) is 5.75 Å². The van der Waals surface area contributed by atoms with Crippen LogP contribution in [0.2, 0.25) is 5.02 Å². The molecule has 2 nitrogen and oxygen atoms in total. The number of methoxy groups -OCH3 is 1. The molecule has 2 aromatic rings. The number of ether oxygens (including phenoxy) is 1. The first kappa shape index (κ1) is 15.5. The molecule has 0 aliphatic carbocycles. The van der Waals surface area contributed by atoms with E-state index in [0.29, 0.717) is 11.3 Å². The number of benzene rings is 2. The number of rotatable bonds is 5. The Morgan fingerprint density at radius 2 is 1.86 bits per heavy atom. The van der Waals surface area contributed by atoms with Crippen molar-refractivity contribution in [2.75, 3.05) is 7.11 Å². The topological polar surface area (TPSA) is 26.3 Å². The van der Waals surface area contributed by atoms with E-state index in [1.807, 2.05) is 25.1 Å². The van der Waals surface area contributed by atoms with Gasteiger partial charge < -0.3 is 4.74 Å². The summed E-state index contributed by atoms with van der Waals surface area (Å²) < 4.78 is 18.3. The maximum absolute atomic E-state index is 13.0. The van der Waals surface area contributed by atoms with Gasteiger partial charge in [-0.1, -0.05) is 35.4 Å². The van der Waals surface area contributed by atoms with E-state index < -0.39 is 5.82 Å². The third-order valence-electron chi connectivity index (χ3n) is 3.23. The highest BCUT2D eigenvalue weighted by molar-refractivity contribution is 6.31. The minimum Gasteiger partial charge on any atom is -0.496 e. The molecule has 0 saturated carbocycles. The third-order valence-corrected chi connectivity index (χ3v) is 3.58. The second kappa shape index (κ2) is 6.72. The number of halogens is 2. The normalized spacial score (nSPS) is 10.5. The highest BCUT2D eigenvalue weighted by Crippen LogP contribution is 2.22. The minimum absolute atomic E-state index is 0.00686. The van der Waals surface area contributed by atoms with Crippen molar-refractivity contribution >= 4 is 17.4 Å². The lowest BCUT2D eigenvalue weighted by atomic mass is 10.0. The summed E-state index contributed by atoms with van der Waals surface area (Å²) in [6.45, 7) is 1.96. The molecule has 0 heterocycles. The van der Waals surface area contributed by atoms with Crippen LogP contribution in [0, 0.1) is 12.7 Å². The molecule has 0 spiro atoms. The van der Waals surface area contributed by atoms with Gasteiger partial charge in [0.2, 0.25) is 0 Å². The third kappa shape index (κ3) is 4.05. The van der Waals surface area contributed by atoms with Gasteiger partial charge in [-0.25, -0.2) is 4.39 Å². The Morgan fingerprint density at radius 1 is 1.14 bits per heavy atom. The monoisotopic (exact) mass is 306 g/mol. The Hall–Kier alpha value is -1.87. The average molecular weight is 307 g/mol. The van der Waals surface area contributed by atoms with Gasteiger partial charge in [0.1, 0.15) is 17.3 Å². The number of carbonyl (C=O) groups excluding carboxylic acids is 1. The lowest BCUT2D eigenvalue weighted by Crippen LogP contribution is -2.08. The van der Waals surface area contributed by atoms with Gasteiger partial charge in [-0.05, 0) is 30.7 Å². The maximum atomic E-state index is 13.0. The molecule has 0 unspecified atom stereocenters. The fourth-order valence-electron chi connectivity index (χ4n) is 2.20. The van der Waals surface area contributed by atoms with Crippen LogP contribution in [0.1, 0.15) is 16.7 Å². The first-order valence-electron chi connectivity index (χ1n) is 6.58. The molecule has 0 atom stereocenters. The van der Waals surface area contributed by atoms with E-state index in [2.05, 4.69) is 0 Å². The summed E-state index contributed by atoms with van der Waals surface area (Å²) in [7, 11) is 1.58. The van der Waals surface area contributed by atoms with Gasteiger partial charge in [0.25, 0.3) is 0 Å². The van der Waals surface area contributed by atoms with Gasteiger partial charge in [0, 0.05) is 23.4 Å². The lowest BCUT2D eigenvalue weighted by Gasteiger charge is -2.09. The van der Waals surface area contributed by atoms with E-state index in [4.69, 9.17) is 16.3 Å². The van der Waals surface area contributed by atoms with Crippen molar-refractivity contribution in [2.45, 2.75) is 19.8 Å². The molecule has 0 amide bonds. The van der Waals surface area contributed by atoms with Crippen molar-refractivity contribution in [2.24, 2.45) is 0 Å². The van der Waals surface area contributed by atoms with Gasteiger partial charge in [0.15, 0.2) is 0 Å². The molecule has 0 saturated heterocycles. The Labute approximate surface area is 128 Å². The summed E-state index contributed by atoms with van der Waals surface area (Å²) >= 11 is 5.94. The molecule has 2 aromatic carbocycles. The summed E-state index contributed by atoms with van der Waals surface area (Å²) in [5.41, 5.74) is 2.55. The molecule has 0 radical (unpaired) electrons. The molecule has 0 aliphatic rings. The van der Waals surface area contributed by atoms with Crippen LogP contribution in [0.25, 0.3) is 0 Å². The van der Waals surface area contributed by atoms with Crippen LogP contribution >= 0.6 is 11.6 Å². The highest BCUT2D eigenvalue weighted by Gasteiger charge is 2.12. The molecule has 0 N–H and O–H groups in total. The fraction of sp³-hybridized carbons (Fsp3) is 0.235. The van der Waals surface area contributed by atoms with Crippen LogP contribution in [-0.2, 0) is 17.6 Å². The number of hydrogen-bond donors (Lipinski definition) is 0. The van der Waals surface area contributed by atoms with E-state index in [-0.39, 0.29) is 23.6 Å². The number of carbonyl (C=O) groups is 1. The molecular weight excluding hydrogens is 291 g/mol. The zero-order valence-corrected chi connectivity index (χ0v) is 12.7. The molecule has 4 heteroatoms. The zero-order chi connectivity index (χ0) is 15.4. The molecule has 0 aliphatic heterocycles. The van der Waals surface area contributed by atoms with Gasteiger partial charge in [0.05, 0.1) is 7.11 Å².